The van der Waals surface area contributed by atoms with Crippen LogP contribution in [0.3, 0.4) is 0 Å². The highest BCUT2D eigenvalue weighted by Crippen LogP contribution is 2.18. The fourth-order valence-electron chi connectivity index (χ4n) is 2.26. The third kappa shape index (κ3) is 3.44. The maximum absolute atomic E-state index is 13.3. The molecular formula is C16H21FN2. The van der Waals surface area contributed by atoms with Crippen LogP contribution in [0.1, 0.15) is 42.5 Å². The van der Waals surface area contributed by atoms with Gasteiger partial charge in [0, 0.05) is 25.0 Å². The predicted molar refractivity (Wildman–Crippen MR) is 76.5 cm³/mol. The van der Waals surface area contributed by atoms with Gasteiger partial charge in [-0.25, -0.2) is 4.39 Å². The molecule has 0 fully saturated rings. The Morgan fingerprint density at radius 1 is 1.32 bits per heavy atom. The summed E-state index contributed by atoms with van der Waals surface area (Å²) in [7, 11) is 0. The van der Waals surface area contributed by atoms with Crippen LogP contribution in [0.25, 0.3) is 0 Å². The van der Waals surface area contributed by atoms with E-state index in [0.29, 0.717) is 6.54 Å². The summed E-state index contributed by atoms with van der Waals surface area (Å²) in [5.41, 5.74) is 9.35. The van der Waals surface area contributed by atoms with Gasteiger partial charge in [0.05, 0.1) is 0 Å². The molecule has 0 saturated heterocycles. The average Bonchev–Trinajstić information content (AvgIpc) is 2.83. The van der Waals surface area contributed by atoms with Crippen LogP contribution in [-0.2, 0) is 6.54 Å². The van der Waals surface area contributed by atoms with Crippen molar-refractivity contribution in [1.29, 1.82) is 0 Å². The summed E-state index contributed by atoms with van der Waals surface area (Å²) >= 11 is 0. The topological polar surface area (TPSA) is 30.9 Å². The number of halogens is 1. The Bertz CT molecular complexity index is 545. The minimum atomic E-state index is -0.185. The Kier molecular flexibility index (Phi) is 4.38. The van der Waals surface area contributed by atoms with E-state index in [0.717, 1.165) is 29.5 Å². The highest BCUT2D eigenvalue weighted by molar-refractivity contribution is 5.27. The molecule has 0 bridgehead atoms. The van der Waals surface area contributed by atoms with Crippen LogP contribution < -0.4 is 5.73 Å². The van der Waals surface area contributed by atoms with E-state index in [1.165, 1.54) is 6.07 Å². The SMILES string of the molecule is CCCC(N)c1ccn(Cc2cc(F)ccc2C)c1. The molecule has 2 nitrogen and oxygen atoms in total. The van der Waals surface area contributed by atoms with E-state index in [1.54, 1.807) is 6.07 Å². The van der Waals surface area contributed by atoms with Gasteiger partial charge in [0.2, 0.25) is 0 Å². The molecule has 0 aliphatic heterocycles. The Balaban J connectivity index is 2.13. The minimum Gasteiger partial charge on any atom is -0.350 e. The van der Waals surface area contributed by atoms with Crippen molar-refractivity contribution in [3.63, 3.8) is 0 Å². The van der Waals surface area contributed by atoms with Crippen molar-refractivity contribution in [3.8, 4) is 0 Å². The first-order valence-corrected chi connectivity index (χ1v) is 6.76. The predicted octanol–water partition coefficient (Wildman–Crippen LogP) is 3.78. The van der Waals surface area contributed by atoms with Crippen LogP contribution in [0.2, 0.25) is 0 Å². The van der Waals surface area contributed by atoms with Crippen LogP contribution in [0.4, 0.5) is 4.39 Å². The maximum Gasteiger partial charge on any atom is 0.123 e. The van der Waals surface area contributed by atoms with E-state index in [1.807, 2.05) is 19.2 Å². The van der Waals surface area contributed by atoms with Gasteiger partial charge in [-0.05, 0) is 48.2 Å². The van der Waals surface area contributed by atoms with E-state index in [-0.39, 0.29) is 11.9 Å². The van der Waals surface area contributed by atoms with E-state index < -0.39 is 0 Å². The standard InChI is InChI=1S/C16H21FN2/c1-3-4-16(18)13-7-8-19(10-13)11-14-9-15(17)6-5-12(14)2/h5-10,16H,3-4,11,18H2,1-2H3. The number of nitrogens with two attached hydrogens (primary N) is 1. The van der Waals surface area contributed by atoms with Gasteiger partial charge in [0.25, 0.3) is 0 Å². The number of hydrogen-bond acceptors (Lipinski definition) is 1. The van der Waals surface area contributed by atoms with Gasteiger partial charge < -0.3 is 10.3 Å². The lowest BCUT2D eigenvalue weighted by Crippen LogP contribution is -2.08. The summed E-state index contributed by atoms with van der Waals surface area (Å²) < 4.78 is 15.3. The second-order valence-corrected chi connectivity index (χ2v) is 5.08. The van der Waals surface area contributed by atoms with Crippen LogP contribution in [-0.4, -0.2) is 4.57 Å². The molecule has 1 unspecified atom stereocenters. The van der Waals surface area contributed by atoms with E-state index >= 15 is 0 Å². The number of rotatable bonds is 5. The fourth-order valence-corrected chi connectivity index (χ4v) is 2.26. The molecule has 0 spiro atoms. The lowest BCUT2D eigenvalue weighted by molar-refractivity contribution is 0.621. The molecule has 0 amide bonds. The summed E-state index contributed by atoms with van der Waals surface area (Å²) in [4.78, 5) is 0. The molecule has 1 heterocycles. The molecule has 2 aromatic rings. The maximum atomic E-state index is 13.3. The Labute approximate surface area is 114 Å². The highest BCUT2D eigenvalue weighted by atomic mass is 19.1. The summed E-state index contributed by atoms with van der Waals surface area (Å²) in [5, 5.41) is 0. The molecule has 102 valence electrons. The van der Waals surface area contributed by atoms with Gasteiger partial charge in [-0.1, -0.05) is 19.4 Å². The monoisotopic (exact) mass is 260 g/mol. The molecule has 2 N–H and O–H groups in total. The Morgan fingerprint density at radius 3 is 2.84 bits per heavy atom. The lowest BCUT2D eigenvalue weighted by Gasteiger charge is -2.09. The zero-order chi connectivity index (χ0) is 13.8. The van der Waals surface area contributed by atoms with Crippen LogP contribution in [0.15, 0.2) is 36.7 Å². The van der Waals surface area contributed by atoms with E-state index in [2.05, 4.69) is 23.8 Å². The van der Waals surface area contributed by atoms with Gasteiger partial charge in [-0.15, -0.1) is 0 Å². The van der Waals surface area contributed by atoms with E-state index in [4.69, 9.17) is 5.73 Å². The highest BCUT2D eigenvalue weighted by Gasteiger charge is 2.07. The van der Waals surface area contributed by atoms with Crippen molar-refractivity contribution in [3.05, 3.63) is 59.2 Å². The number of nitrogens with zero attached hydrogens (tertiary/aromatic N) is 1. The molecule has 0 aliphatic rings. The third-order valence-corrected chi connectivity index (χ3v) is 3.47. The lowest BCUT2D eigenvalue weighted by atomic mass is 10.1. The second-order valence-electron chi connectivity index (χ2n) is 5.08. The van der Waals surface area contributed by atoms with Gasteiger partial charge in [0.15, 0.2) is 0 Å². The Hall–Kier alpha value is -1.61. The van der Waals surface area contributed by atoms with Crippen molar-refractivity contribution < 1.29 is 4.39 Å². The molecule has 19 heavy (non-hydrogen) atoms. The average molecular weight is 260 g/mol. The normalized spacial score (nSPS) is 12.6. The summed E-state index contributed by atoms with van der Waals surface area (Å²) in [6.07, 6.45) is 6.14. The number of aromatic nitrogens is 1. The fraction of sp³-hybridized carbons (Fsp3) is 0.375. The molecule has 0 aliphatic carbocycles. The molecular weight excluding hydrogens is 239 g/mol. The molecule has 1 aromatic heterocycles. The molecule has 3 heteroatoms. The quantitative estimate of drug-likeness (QED) is 0.871. The van der Waals surface area contributed by atoms with Crippen LogP contribution in [0, 0.1) is 12.7 Å². The zero-order valence-electron chi connectivity index (χ0n) is 11.6. The first-order valence-electron chi connectivity index (χ1n) is 6.76. The molecule has 0 radical (unpaired) electrons. The molecule has 1 atom stereocenters. The number of hydrogen-bond donors (Lipinski definition) is 1. The van der Waals surface area contributed by atoms with Crippen molar-refractivity contribution in [2.75, 3.05) is 0 Å². The largest absolute Gasteiger partial charge is 0.350 e. The third-order valence-electron chi connectivity index (χ3n) is 3.47. The second kappa shape index (κ2) is 6.02. The van der Waals surface area contributed by atoms with Crippen LogP contribution in [0.5, 0.6) is 0 Å². The zero-order valence-corrected chi connectivity index (χ0v) is 11.6. The summed E-state index contributed by atoms with van der Waals surface area (Å²) in [6.45, 7) is 4.82. The summed E-state index contributed by atoms with van der Waals surface area (Å²) in [6, 6.07) is 7.06. The molecule has 0 saturated carbocycles. The number of aryl methyl sites for hydroxylation is 1. The van der Waals surface area contributed by atoms with Gasteiger partial charge >= 0.3 is 0 Å². The van der Waals surface area contributed by atoms with Crippen molar-refractivity contribution in [1.82, 2.24) is 4.57 Å². The first-order chi connectivity index (χ1) is 9.10. The van der Waals surface area contributed by atoms with E-state index in [9.17, 15) is 4.39 Å². The smallest absolute Gasteiger partial charge is 0.123 e. The number of benzene rings is 1. The van der Waals surface area contributed by atoms with Crippen molar-refractivity contribution in [2.45, 2.75) is 39.3 Å². The molecule has 1 aromatic carbocycles. The van der Waals surface area contributed by atoms with Gasteiger partial charge in [-0.2, -0.15) is 0 Å². The summed E-state index contributed by atoms with van der Waals surface area (Å²) in [5.74, 6) is -0.185. The van der Waals surface area contributed by atoms with Crippen LogP contribution >= 0.6 is 0 Å². The first kappa shape index (κ1) is 13.8. The molecule has 2 rings (SSSR count). The minimum absolute atomic E-state index is 0.0971. The van der Waals surface area contributed by atoms with Crippen molar-refractivity contribution in [2.24, 2.45) is 5.73 Å². The Morgan fingerprint density at radius 2 is 2.11 bits per heavy atom. The van der Waals surface area contributed by atoms with Gasteiger partial charge in [0.1, 0.15) is 5.82 Å². The van der Waals surface area contributed by atoms with Crippen molar-refractivity contribution >= 4 is 0 Å². The van der Waals surface area contributed by atoms with Gasteiger partial charge in [-0.3, -0.25) is 0 Å².